The van der Waals surface area contributed by atoms with Gasteiger partial charge >= 0.3 is 4.87 Å². The number of hydrogen-bond donors (Lipinski definition) is 2. The van der Waals surface area contributed by atoms with Crippen LogP contribution < -0.4 is 19.8 Å². The van der Waals surface area contributed by atoms with Crippen LogP contribution in [-0.2, 0) is 14.4 Å². The standard InChI is InChI=1S/C28H19Cl2N3O5S2/c29-18-11-8-15(12-19(18)30)31-20(34)13-38-17-9-6-14(7-10-17)21-22-24(39-25-23(21)40-28(37)32-25)27(36)33(26(22)35)16-4-2-1-3-5-16/h1-12,21-22,24H,13H2,(H,31,34)(H,32,37). The van der Waals surface area contributed by atoms with Crippen LogP contribution in [0, 0.1) is 5.92 Å². The SMILES string of the molecule is O=C(COc1ccc(C2c3sc(=O)[nH]c3SC3C(=O)N(c4ccccc4)C(=O)C32)cc1)Nc1ccc(Cl)c(Cl)c1. The summed E-state index contributed by atoms with van der Waals surface area (Å²) in [5.41, 5.74) is 1.77. The molecule has 1 aromatic heterocycles. The number of H-pyrrole nitrogens is 1. The fourth-order valence-corrected chi connectivity index (χ4v) is 7.71. The topological polar surface area (TPSA) is 109 Å². The number of benzene rings is 3. The maximum absolute atomic E-state index is 13.7. The van der Waals surface area contributed by atoms with E-state index in [1.54, 1.807) is 66.7 Å². The van der Waals surface area contributed by atoms with E-state index in [1.807, 2.05) is 6.07 Å². The molecule has 6 rings (SSSR count). The first-order valence-corrected chi connectivity index (χ1v) is 14.6. The maximum atomic E-state index is 13.7. The largest absolute Gasteiger partial charge is 0.484 e. The van der Waals surface area contributed by atoms with E-state index in [0.717, 1.165) is 21.8 Å². The second kappa shape index (κ2) is 10.8. The molecule has 0 radical (unpaired) electrons. The number of imide groups is 1. The summed E-state index contributed by atoms with van der Waals surface area (Å²) < 4.78 is 5.65. The van der Waals surface area contributed by atoms with E-state index < -0.39 is 17.1 Å². The summed E-state index contributed by atoms with van der Waals surface area (Å²) in [4.78, 5) is 56.3. The molecule has 0 bridgehead atoms. The highest BCUT2D eigenvalue weighted by Gasteiger charge is 2.56. The summed E-state index contributed by atoms with van der Waals surface area (Å²) in [5.74, 6) is -1.72. The molecule has 1 fully saturated rings. The smallest absolute Gasteiger partial charge is 0.305 e. The number of anilines is 2. The molecule has 0 spiro atoms. The van der Waals surface area contributed by atoms with Crippen molar-refractivity contribution < 1.29 is 19.1 Å². The van der Waals surface area contributed by atoms with Gasteiger partial charge in [0, 0.05) is 16.5 Å². The Bertz CT molecular complexity index is 1690. The highest BCUT2D eigenvalue weighted by molar-refractivity contribution is 8.00. The number of halogens is 2. The molecule has 2 N–H and O–H groups in total. The molecule has 40 heavy (non-hydrogen) atoms. The summed E-state index contributed by atoms with van der Waals surface area (Å²) in [6.07, 6.45) is 0. The number of aromatic nitrogens is 1. The van der Waals surface area contributed by atoms with Crippen molar-refractivity contribution in [3.8, 4) is 5.75 Å². The van der Waals surface area contributed by atoms with Gasteiger partial charge in [-0.2, -0.15) is 0 Å². The van der Waals surface area contributed by atoms with Crippen molar-refractivity contribution in [3.63, 3.8) is 0 Å². The van der Waals surface area contributed by atoms with Crippen LogP contribution >= 0.6 is 46.3 Å². The molecule has 3 atom stereocenters. The number of thiazole rings is 1. The number of nitrogens with zero attached hydrogens (tertiary/aromatic N) is 1. The second-order valence-corrected chi connectivity index (χ2v) is 12.1. The summed E-state index contributed by atoms with van der Waals surface area (Å²) in [7, 11) is 0. The number of aromatic amines is 1. The molecule has 202 valence electrons. The lowest BCUT2D eigenvalue weighted by Gasteiger charge is -2.29. The Labute approximate surface area is 246 Å². The van der Waals surface area contributed by atoms with Crippen LogP contribution in [0.2, 0.25) is 10.0 Å². The van der Waals surface area contributed by atoms with E-state index in [1.165, 1.54) is 16.7 Å². The quantitative estimate of drug-likeness (QED) is 0.276. The van der Waals surface area contributed by atoms with Crippen molar-refractivity contribution in [2.45, 2.75) is 16.2 Å². The molecule has 3 heterocycles. The van der Waals surface area contributed by atoms with Gasteiger partial charge in [-0.3, -0.25) is 19.2 Å². The zero-order chi connectivity index (χ0) is 28.0. The third-order valence-electron chi connectivity index (χ3n) is 6.65. The number of carbonyl (C=O) groups excluding carboxylic acids is 3. The molecule has 0 aliphatic carbocycles. The number of para-hydroxylation sites is 1. The van der Waals surface area contributed by atoms with Crippen LogP contribution in [0.3, 0.4) is 0 Å². The van der Waals surface area contributed by atoms with Crippen molar-refractivity contribution in [1.29, 1.82) is 0 Å². The van der Waals surface area contributed by atoms with E-state index in [-0.39, 0.29) is 29.2 Å². The lowest BCUT2D eigenvalue weighted by molar-refractivity contribution is -0.122. The van der Waals surface area contributed by atoms with Gasteiger partial charge in [0.2, 0.25) is 11.8 Å². The van der Waals surface area contributed by atoms with Crippen LogP contribution in [0.1, 0.15) is 16.4 Å². The number of amides is 3. The number of thioether (sulfide) groups is 1. The van der Waals surface area contributed by atoms with Crippen molar-refractivity contribution >= 4 is 75.4 Å². The average Bonchev–Trinajstić information content (AvgIpc) is 3.44. The van der Waals surface area contributed by atoms with Crippen LogP contribution in [0.5, 0.6) is 5.75 Å². The van der Waals surface area contributed by atoms with Gasteiger partial charge in [-0.1, -0.05) is 76.6 Å². The van der Waals surface area contributed by atoms with Crippen molar-refractivity contribution in [2.75, 3.05) is 16.8 Å². The Hall–Kier alpha value is -3.57. The Morgan fingerprint density at radius 1 is 0.950 bits per heavy atom. The van der Waals surface area contributed by atoms with Crippen molar-refractivity contribution in [3.05, 3.63) is 103 Å². The third-order valence-corrected chi connectivity index (χ3v) is 9.79. The van der Waals surface area contributed by atoms with Gasteiger partial charge in [0.25, 0.3) is 5.91 Å². The van der Waals surface area contributed by atoms with Gasteiger partial charge in [0.1, 0.15) is 11.0 Å². The van der Waals surface area contributed by atoms with Gasteiger partial charge < -0.3 is 15.0 Å². The Kier molecular flexibility index (Phi) is 7.18. The Morgan fingerprint density at radius 2 is 1.70 bits per heavy atom. The number of carbonyl (C=O) groups is 3. The third kappa shape index (κ3) is 4.92. The minimum atomic E-state index is -0.680. The van der Waals surface area contributed by atoms with E-state index in [4.69, 9.17) is 27.9 Å². The fraction of sp³-hybridized carbons (Fsp3) is 0.143. The predicted molar refractivity (Wildman–Crippen MR) is 156 cm³/mol. The van der Waals surface area contributed by atoms with Gasteiger partial charge in [-0.15, -0.1) is 0 Å². The number of nitrogens with one attached hydrogen (secondary N) is 2. The lowest BCUT2D eigenvalue weighted by atomic mass is 9.83. The van der Waals surface area contributed by atoms with Gasteiger partial charge in [-0.05, 0) is 48.0 Å². The predicted octanol–water partition coefficient (Wildman–Crippen LogP) is 5.56. The number of rotatable bonds is 6. The first-order chi connectivity index (χ1) is 19.3. The molecule has 2 aliphatic rings. The molecular formula is C28H19Cl2N3O5S2. The molecule has 3 unspecified atom stereocenters. The molecule has 1 saturated heterocycles. The van der Waals surface area contributed by atoms with Crippen LogP contribution in [-0.4, -0.2) is 34.6 Å². The van der Waals surface area contributed by atoms with Gasteiger partial charge in [0.05, 0.1) is 26.7 Å². The van der Waals surface area contributed by atoms with E-state index in [9.17, 15) is 19.2 Å². The minimum Gasteiger partial charge on any atom is -0.484 e. The normalized spacial score (nSPS) is 19.8. The van der Waals surface area contributed by atoms with E-state index in [0.29, 0.717) is 32.2 Å². The van der Waals surface area contributed by atoms with Crippen LogP contribution in [0.25, 0.3) is 0 Å². The number of ether oxygens (including phenoxy) is 1. The van der Waals surface area contributed by atoms with Crippen LogP contribution in [0.15, 0.2) is 82.6 Å². The molecule has 3 amide bonds. The monoisotopic (exact) mass is 611 g/mol. The van der Waals surface area contributed by atoms with E-state index >= 15 is 0 Å². The van der Waals surface area contributed by atoms with Gasteiger partial charge in [-0.25, -0.2) is 4.90 Å². The maximum Gasteiger partial charge on any atom is 0.305 e. The highest BCUT2D eigenvalue weighted by atomic mass is 35.5. The van der Waals surface area contributed by atoms with Crippen LogP contribution in [0.4, 0.5) is 11.4 Å². The minimum absolute atomic E-state index is 0.241. The Balaban J connectivity index is 1.23. The summed E-state index contributed by atoms with van der Waals surface area (Å²) in [5, 5.41) is 3.34. The molecule has 12 heteroatoms. The first kappa shape index (κ1) is 26.6. The summed E-state index contributed by atoms with van der Waals surface area (Å²) >= 11 is 14.2. The zero-order valence-corrected chi connectivity index (χ0v) is 23.6. The molecule has 8 nitrogen and oxygen atoms in total. The summed E-state index contributed by atoms with van der Waals surface area (Å²) in [6, 6.07) is 20.6. The van der Waals surface area contributed by atoms with Crippen molar-refractivity contribution in [1.82, 2.24) is 4.98 Å². The second-order valence-electron chi connectivity index (χ2n) is 9.13. The molecule has 2 aliphatic heterocycles. The first-order valence-electron chi connectivity index (χ1n) is 12.1. The molecule has 0 saturated carbocycles. The van der Waals surface area contributed by atoms with E-state index in [2.05, 4.69) is 10.3 Å². The molecule has 4 aromatic rings. The average molecular weight is 613 g/mol. The fourth-order valence-electron chi connectivity index (χ4n) is 4.90. The van der Waals surface area contributed by atoms with Gasteiger partial charge in [0.15, 0.2) is 6.61 Å². The zero-order valence-electron chi connectivity index (χ0n) is 20.4. The Morgan fingerprint density at radius 3 is 2.42 bits per heavy atom. The molecular weight excluding hydrogens is 593 g/mol. The number of hydrogen-bond acceptors (Lipinski definition) is 7. The summed E-state index contributed by atoms with van der Waals surface area (Å²) in [6.45, 7) is -0.243. The molecule has 3 aromatic carbocycles. The number of fused-ring (bicyclic) bond motifs is 2. The lowest BCUT2D eigenvalue weighted by Crippen LogP contribution is -2.32. The van der Waals surface area contributed by atoms with Crippen molar-refractivity contribution in [2.24, 2.45) is 5.92 Å². The highest BCUT2D eigenvalue weighted by Crippen LogP contribution is 2.53.